The number of hydrogen-bond acceptors (Lipinski definition) is 6. The fourth-order valence-electron chi connectivity index (χ4n) is 3.07. The third-order valence-corrected chi connectivity index (χ3v) is 4.32. The number of rotatable bonds is 3. The van der Waals surface area contributed by atoms with E-state index in [1.54, 1.807) is 30.0 Å². The molecule has 2 amide bonds. The van der Waals surface area contributed by atoms with Crippen LogP contribution in [0.25, 0.3) is 11.4 Å². The van der Waals surface area contributed by atoms with Crippen LogP contribution in [0.15, 0.2) is 28.8 Å². The summed E-state index contributed by atoms with van der Waals surface area (Å²) in [6, 6.07) is 6.95. The number of nitrogens with zero attached hydrogens (tertiary/aromatic N) is 3. The molecule has 1 aliphatic rings. The van der Waals surface area contributed by atoms with Gasteiger partial charge in [0.1, 0.15) is 5.60 Å². The fraction of sp³-hybridized carbons (Fsp3) is 0.500. The van der Waals surface area contributed by atoms with Crippen molar-refractivity contribution in [3.8, 4) is 11.4 Å². The minimum absolute atomic E-state index is 0.121. The lowest BCUT2D eigenvalue weighted by molar-refractivity contribution is 0.0185. The summed E-state index contributed by atoms with van der Waals surface area (Å²) in [7, 11) is 0. The molecule has 8 nitrogen and oxygen atoms in total. The summed E-state index contributed by atoms with van der Waals surface area (Å²) in [5, 5.41) is 6.90. The molecule has 0 saturated carbocycles. The average molecular weight is 386 g/mol. The Labute approximate surface area is 164 Å². The third-order valence-electron chi connectivity index (χ3n) is 4.32. The van der Waals surface area contributed by atoms with E-state index >= 15 is 0 Å². The lowest BCUT2D eigenvalue weighted by atomic mass is 10.0. The number of carbonyl (C=O) groups excluding carboxylic acids is 2. The highest BCUT2D eigenvalue weighted by Gasteiger charge is 2.28. The molecule has 1 aromatic carbocycles. The maximum Gasteiger partial charge on any atom is 0.410 e. The Hall–Kier alpha value is -2.90. The van der Waals surface area contributed by atoms with Crippen molar-refractivity contribution < 1.29 is 18.8 Å². The molecule has 3 rings (SSSR count). The van der Waals surface area contributed by atoms with Crippen LogP contribution in [-0.4, -0.2) is 51.8 Å². The van der Waals surface area contributed by atoms with Gasteiger partial charge in [-0.3, -0.25) is 4.79 Å². The Morgan fingerprint density at radius 1 is 1.32 bits per heavy atom. The number of aromatic nitrogens is 2. The highest BCUT2D eigenvalue weighted by molar-refractivity contribution is 5.95. The van der Waals surface area contributed by atoms with Crippen molar-refractivity contribution in [1.82, 2.24) is 20.4 Å². The SMILES string of the molecule is Cc1nc(-c2cccc(C(=O)N[C@H]3CCCN(C(=O)OC(C)(C)C)C3)c2)no1. The predicted octanol–water partition coefficient (Wildman–Crippen LogP) is 3.17. The highest BCUT2D eigenvalue weighted by atomic mass is 16.6. The second-order valence-corrected chi connectivity index (χ2v) is 7.96. The van der Waals surface area contributed by atoms with Gasteiger partial charge in [-0.05, 0) is 45.7 Å². The van der Waals surface area contributed by atoms with Crippen LogP contribution < -0.4 is 5.32 Å². The largest absolute Gasteiger partial charge is 0.444 e. The topological polar surface area (TPSA) is 97.6 Å². The number of nitrogens with one attached hydrogen (secondary N) is 1. The standard InChI is InChI=1S/C20H26N4O4/c1-13-21-17(23-28-13)14-7-5-8-15(11-14)18(25)22-16-9-6-10-24(12-16)19(26)27-20(2,3)4/h5,7-8,11,16H,6,9-10,12H2,1-4H3,(H,22,25)/t16-/m0/s1. The van der Waals surface area contributed by atoms with E-state index in [0.29, 0.717) is 35.9 Å². The Morgan fingerprint density at radius 2 is 2.11 bits per heavy atom. The number of ether oxygens (including phenoxy) is 1. The molecular weight excluding hydrogens is 360 g/mol. The van der Waals surface area contributed by atoms with Gasteiger partial charge in [0, 0.05) is 37.2 Å². The third kappa shape index (κ3) is 5.09. The van der Waals surface area contributed by atoms with Crippen LogP contribution in [0.1, 0.15) is 49.9 Å². The summed E-state index contributed by atoms with van der Waals surface area (Å²) in [6.07, 6.45) is 1.28. The van der Waals surface area contributed by atoms with Crippen molar-refractivity contribution in [2.45, 2.75) is 52.2 Å². The van der Waals surface area contributed by atoms with Crippen LogP contribution in [0.2, 0.25) is 0 Å². The normalized spacial score (nSPS) is 17.3. The molecule has 1 saturated heterocycles. The van der Waals surface area contributed by atoms with Gasteiger partial charge < -0.3 is 19.5 Å². The predicted molar refractivity (Wildman–Crippen MR) is 103 cm³/mol. The van der Waals surface area contributed by atoms with Crippen LogP contribution >= 0.6 is 0 Å². The molecule has 1 aliphatic heterocycles. The maximum absolute atomic E-state index is 12.7. The zero-order valence-electron chi connectivity index (χ0n) is 16.7. The summed E-state index contributed by atoms with van der Waals surface area (Å²) < 4.78 is 10.4. The number of amides is 2. The lowest BCUT2D eigenvalue weighted by Gasteiger charge is -2.34. The van der Waals surface area contributed by atoms with E-state index in [1.807, 2.05) is 26.8 Å². The molecule has 0 radical (unpaired) electrons. The van der Waals surface area contributed by atoms with Gasteiger partial charge in [0.25, 0.3) is 5.91 Å². The van der Waals surface area contributed by atoms with Gasteiger partial charge in [-0.25, -0.2) is 4.79 Å². The first-order valence-electron chi connectivity index (χ1n) is 9.41. The number of piperidine rings is 1. The van der Waals surface area contributed by atoms with Crippen molar-refractivity contribution in [2.75, 3.05) is 13.1 Å². The molecule has 1 aromatic heterocycles. The number of aryl methyl sites for hydroxylation is 1. The van der Waals surface area contributed by atoms with E-state index < -0.39 is 5.60 Å². The second kappa shape index (κ2) is 8.00. The summed E-state index contributed by atoms with van der Waals surface area (Å²) >= 11 is 0. The molecule has 0 aliphatic carbocycles. The van der Waals surface area contributed by atoms with Crippen LogP contribution in [0, 0.1) is 6.92 Å². The van der Waals surface area contributed by atoms with Crippen molar-refractivity contribution in [3.63, 3.8) is 0 Å². The quantitative estimate of drug-likeness (QED) is 0.870. The first-order valence-corrected chi connectivity index (χ1v) is 9.41. The van der Waals surface area contributed by atoms with E-state index in [-0.39, 0.29) is 18.0 Å². The van der Waals surface area contributed by atoms with Gasteiger partial charge in [0.15, 0.2) is 0 Å². The van der Waals surface area contributed by atoms with Gasteiger partial charge in [-0.1, -0.05) is 17.3 Å². The number of likely N-dealkylation sites (tertiary alicyclic amines) is 1. The smallest absolute Gasteiger partial charge is 0.410 e. The zero-order chi connectivity index (χ0) is 20.3. The van der Waals surface area contributed by atoms with Gasteiger partial charge >= 0.3 is 6.09 Å². The monoisotopic (exact) mass is 386 g/mol. The molecule has 0 spiro atoms. The Balaban J connectivity index is 1.63. The summed E-state index contributed by atoms with van der Waals surface area (Å²) in [5.41, 5.74) is 0.680. The first-order chi connectivity index (χ1) is 13.2. The van der Waals surface area contributed by atoms with E-state index in [1.165, 1.54) is 0 Å². The molecule has 2 aromatic rings. The van der Waals surface area contributed by atoms with Gasteiger partial charge in [-0.15, -0.1) is 0 Å². The van der Waals surface area contributed by atoms with E-state index in [2.05, 4.69) is 15.5 Å². The molecule has 1 fully saturated rings. The lowest BCUT2D eigenvalue weighted by Crippen LogP contribution is -2.50. The average Bonchev–Trinajstić information content (AvgIpc) is 3.07. The minimum atomic E-state index is -0.540. The molecule has 150 valence electrons. The van der Waals surface area contributed by atoms with Gasteiger partial charge in [-0.2, -0.15) is 4.98 Å². The maximum atomic E-state index is 12.7. The molecule has 8 heteroatoms. The second-order valence-electron chi connectivity index (χ2n) is 7.96. The van der Waals surface area contributed by atoms with Gasteiger partial charge in [0.2, 0.25) is 11.7 Å². The van der Waals surface area contributed by atoms with Crippen LogP contribution in [-0.2, 0) is 4.74 Å². The number of carbonyl (C=O) groups is 2. The van der Waals surface area contributed by atoms with Crippen LogP contribution in [0.5, 0.6) is 0 Å². The zero-order valence-corrected chi connectivity index (χ0v) is 16.7. The molecular formula is C20H26N4O4. The first kappa shape index (κ1) is 19.9. The van der Waals surface area contributed by atoms with Crippen molar-refractivity contribution in [3.05, 3.63) is 35.7 Å². The summed E-state index contributed by atoms with van der Waals surface area (Å²) in [6.45, 7) is 8.30. The van der Waals surface area contributed by atoms with E-state index in [0.717, 1.165) is 12.8 Å². The fourth-order valence-corrected chi connectivity index (χ4v) is 3.07. The Kier molecular flexibility index (Phi) is 5.67. The van der Waals surface area contributed by atoms with E-state index in [4.69, 9.17) is 9.26 Å². The van der Waals surface area contributed by atoms with Crippen molar-refractivity contribution >= 4 is 12.0 Å². The van der Waals surface area contributed by atoms with Crippen LogP contribution in [0.4, 0.5) is 4.79 Å². The van der Waals surface area contributed by atoms with Crippen molar-refractivity contribution in [1.29, 1.82) is 0 Å². The summed E-state index contributed by atoms with van der Waals surface area (Å²) in [5.74, 6) is 0.716. The number of hydrogen-bond donors (Lipinski definition) is 1. The van der Waals surface area contributed by atoms with Crippen molar-refractivity contribution in [2.24, 2.45) is 0 Å². The van der Waals surface area contributed by atoms with Crippen LogP contribution in [0.3, 0.4) is 0 Å². The molecule has 1 N–H and O–H groups in total. The summed E-state index contributed by atoms with van der Waals surface area (Å²) in [4.78, 5) is 30.8. The minimum Gasteiger partial charge on any atom is -0.444 e. The molecule has 28 heavy (non-hydrogen) atoms. The molecule has 0 bridgehead atoms. The Morgan fingerprint density at radius 3 is 2.79 bits per heavy atom. The van der Waals surface area contributed by atoms with Gasteiger partial charge in [0.05, 0.1) is 0 Å². The highest BCUT2D eigenvalue weighted by Crippen LogP contribution is 2.19. The Bertz CT molecular complexity index is 856. The molecule has 0 unspecified atom stereocenters. The molecule has 2 heterocycles. The molecule has 1 atom stereocenters. The van der Waals surface area contributed by atoms with E-state index in [9.17, 15) is 9.59 Å². The number of benzene rings is 1.